The maximum absolute atomic E-state index is 14.1. The first-order valence-electron chi connectivity index (χ1n) is 10.7. The zero-order valence-corrected chi connectivity index (χ0v) is 18.1. The average Bonchev–Trinajstić information content (AvgIpc) is 2.89. The van der Waals surface area contributed by atoms with Crippen LogP contribution in [0.3, 0.4) is 0 Å². The van der Waals surface area contributed by atoms with Gasteiger partial charge in [0.05, 0.1) is 24.0 Å². The van der Waals surface area contributed by atoms with Gasteiger partial charge in [0, 0.05) is 16.3 Å². The number of hydrogen-bond acceptors (Lipinski definition) is 3. The van der Waals surface area contributed by atoms with Crippen LogP contribution in [0.4, 0.5) is 11.4 Å². The van der Waals surface area contributed by atoms with Crippen molar-refractivity contribution in [3.63, 3.8) is 0 Å². The van der Waals surface area contributed by atoms with Crippen molar-refractivity contribution in [2.45, 2.75) is 0 Å². The highest BCUT2D eigenvalue weighted by Gasteiger charge is 2.28. The Morgan fingerprint density at radius 2 is 1.24 bits per heavy atom. The molecule has 160 valence electrons. The van der Waals surface area contributed by atoms with Crippen LogP contribution in [0.1, 0.15) is 20.7 Å². The van der Waals surface area contributed by atoms with Gasteiger partial charge in [0.1, 0.15) is 0 Å². The summed E-state index contributed by atoms with van der Waals surface area (Å²) < 4.78 is 5.11. The number of rotatable bonds is 4. The minimum absolute atomic E-state index is 0.228. The molecule has 0 atom stereocenters. The summed E-state index contributed by atoms with van der Waals surface area (Å²) in [5.74, 6) is -0.727. The molecule has 0 aliphatic heterocycles. The Balaban J connectivity index is 1.89. The third-order valence-electron chi connectivity index (χ3n) is 5.76. The normalized spacial score (nSPS) is 10.8. The molecule has 0 radical (unpaired) electrons. The van der Waals surface area contributed by atoms with Crippen molar-refractivity contribution >= 4 is 44.8 Å². The fourth-order valence-electron chi connectivity index (χ4n) is 4.22. The third-order valence-corrected chi connectivity index (χ3v) is 5.76. The number of esters is 1. The molecule has 4 nitrogen and oxygen atoms in total. The monoisotopic (exact) mass is 431 g/mol. The van der Waals surface area contributed by atoms with Crippen LogP contribution in [0.5, 0.6) is 0 Å². The van der Waals surface area contributed by atoms with E-state index in [0.717, 1.165) is 21.5 Å². The molecule has 0 fully saturated rings. The van der Waals surface area contributed by atoms with Crippen molar-refractivity contribution in [3.05, 3.63) is 120 Å². The number of fused-ring (bicyclic) bond motifs is 2. The van der Waals surface area contributed by atoms with E-state index in [4.69, 9.17) is 4.74 Å². The minimum Gasteiger partial charge on any atom is -0.465 e. The van der Waals surface area contributed by atoms with Crippen LogP contribution in [0.15, 0.2) is 109 Å². The fraction of sp³-hybridized carbons (Fsp3) is 0.0345. The molecule has 5 aromatic rings. The van der Waals surface area contributed by atoms with E-state index in [9.17, 15) is 9.59 Å². The number of benzene rings is 5. The molecule has 0 heterocycles. The summed E-state index contributed by atoms with van der Waals surface area (Å²) in [5.41, 5.74) is 2.05. The van der Waals surface area contributed by atoms with Gasteiger partial charge in [-0.2, -0.15) is 0 Å². The second kappa shape index (κ2) is 8.60. The Morgan fingerprint density at radius 1 is 0.636 bits per heavy atom. The number of amides is 1. The maximum atomic E-state index is 14.1. The Hall–Kier alpha value is -4.44. The van der Waals surface area contributed by atoms with E-state index < -0.39 is 5.97 Å². The van der Waals surface area contributed by atoms with Crippen molar-refractivity contribution in [1.29, 1.82) is 0 Å². The summed E-state index contributed by atoms with van der Waals surface area (Å²) in [6.45, 7) is 0. The Kier molecular flexibility index (Phi) is 5.33. The van der Waals surface area contributed by atoms with Crippen LogP contribution >= 0.6 is 0 Å². The molecule has 33 heavy (non-hydrogen) atoms. The molecule has 0 aliphatic carbocycles. The van der Waals surface area contributed by atoms with Gasteiger partial charge in [0.25, 0.3) is 5.91 Å². The number of hydrogen-bond donors (Lipinski definition) is 0. The lowest BCUT2D eigenvalue weighted by atomic mass is 9.99. The zero-order valence-electron chi connectivity index (χ0n) is 18.1. The number of carbonyl (C=O) groups excluding carboxylic acids is 2. The number of nitrogens with zero attached hydrogens (tertiary/aromatic N) is 1. The lowest BCUT2D eigenvalue weighted by molar-refractivity contribution is 0.0602. The molecule has 0 saturated carbocycles. The minimum atomic E-state index is -0.498. The molecule has 0 N–H and O–H groups in total. The molecule has 4 heteroatoms. The summed E-state index contributed by atoms with van der Waals surface area (Å²) >= 11 is 0. The summed E-state index contributed by atoms with van der Waals surface area (Å²) in [4.78, 5) is 28.6. The van der Waals surface area contributed by atoms with Crippen LogP contribution in [0.2, 0.25) is 0 Å². The highest BCUT2D eigenvalue weighted by Crippen LogP contribution is 2.40. The number of methoxy groups -OCH3 is 1. The van der Waals surface area contributed by atoms with Crippen LogP contribution < -0.4 is 4.90 Å². The second-order valence-corrected chi connectivity index (χ2v) is 7.68. The van der Waals surface area contributed by atoms with Gasteiger partial charge in [-0.05, 0) is 35.0 Å². The van der Waals surface area contributed by atoms with Crippen molar-refractivity contribution < 1.29 is 14.3 Å². The van der Waals surface area contributed by atoms with Crippen LogP contribution in [0, 0.1) is 0 Å². The summed E-state index contributed by atoms with van der Waals surface area (Å²) in [7, 11) is 1.35. The van der Waals surface area contributed by atoms with E-state index in [1.165, 1.54) is 7.11 Å². The van der Waals surface area contributed by atoms with Crippen molar-refractivity contribution in [2.75, 3.05) is 12.0 Å². The maximum Gasteiger partial charge on any atom is 0.340 e. The Bertz CT molecular complexity index is 1490. The van der Waals surface area contributed by atoms with Gasteiger partial charge in [-0.1, -0.05) is 84.9 Å². The van der Waals surface area contributed by atoms with Crippen molar-refractivity contribution in [2.24, 2.45) is 0 Å². The number of ether oxygens (including phenoxy) is 1. The molecule has 0 saturated heterocycles. The largest absolute Gasteiger partial charge is 0.465 e. The molecule has 5 rings (SSSR count). The van der Waals surface area contributed by atoms with Gasteiger partial charge in [0.2, 0.25) is 0 Å². The predicted molar refractivity (Wildman–Crippen MR) is 132 cm³/mol. The van der Waals surface area contributed by atoms with E-state index >= 15 is 0 Å². The quantitative estimate of drug-likeness (QED) is 0.295. The molecule has 5 aromatic carbocycles. The first-order chi connectivity index (χ1) is 16.2. The molecule has 0 unspecified atom stereocenters. The third kappa shape index (κ3) is 3.62. The predicted octanol–water partition coefficient (Wildman–Crippen LogP) is 6.76. The summed E-state index contributed by atoms with van der Waals surface area (Å²) in [6.07, 6.45) is 0. The summed E-state index contributed by atoms with van der Waals surface area (Å²) in [6, 6.07) is 34.2. The SMILES string of the molecule is COC(=O)c1ccc2ccccc2c1N(C(=O)c1ccccc1)c1cccc2ccccc12. The van der Waals surface area contributed by atoms with E-state index in [1.807, 2.05) is 91.0 Å². The molecule has 0 spiro atoms. The van der Waals surface area contributed by atoms with E-state index in [2.05, 4.69) is 0 Å². The number of carbonyl (C=O) groups is 2. The topological polar surface area (TPSA) is 46.6 Å². The van der Waals surface area contributed by atoms with Crippen molar-refractivity contribution in [1.82, 2.24) is 0 Å². The van der Waals surface area contributed by atoms with Gasteiger partial charge >= 0.3 is 5.97 Å². The lowest BCUT2D eigenvalue weighted by Gasteiger charge is -2.28. The van der Waals surface area contributed by atoms with Crippen LogP contribution in [-0.4, -0.2) is 19.0 Å². The number of anilines is 2. The molecular weight excluding hydrogens is 410 g/mol. The standard InChI is InChI=1S/C29H21NO3/c1-33-29(32)25-19-18-21-11-6-8-16-24(21)27(25)30(28(31)22-12-3-2-4-13-22)26-17-9-14-20-10-5-7-15-23(20)26/h2-19H,1H3. The smallest absolute Gasteiger partial charge is 0.340 e. The lowest BCUT2D eigenvalue weighted by Crippen LogP contribution is -2.28. The molecular formula is C29H21NO3. The Labute approximate surface area is 191 Å². The average molecular weight is 431 g/mol. The van der Waals surface area contributed by atoms with Crippen LogP contribution in [-0.2, 0) is 4.74 Å². The zero-order chi connectivity index (χ0) is 22.8. The molecule has 0 aliphatic rings. The second-order valence-electron chi connectivity index (χ2n) is 7.68. The van der Waals surface area contributed by atoms with Gasteiger partial charge in [0.15, 0.2) is 0 Å². The molecule has 0 bridgehead atoms. The van der Waals surface area contributed by atoms with E-state index in [-0.39, 0.29) is 5.91 Å². The van der Waals surface area contributed by atoms with E-state index in [0.29, 0.717) is 22.5 Å². The highest BCUT2D eigenvalue weighted by atomic mass is 16.5. The summed E-state index contributed by atoms with van der Waals surface area (Å²) in [5, 5.41) is 3.62. The van der Waals surface area contributed by atoms with E-state index in [1.54, 1.807) is 23.1 Å². The fourth-order valence-corrected chi connectivity index (χ4v) is 4.22. The van der Waals surface area contributed by atoms with Gasteiger partial charge in [-0.15, -0.1) is 0 Å². The van der Waals surface area contributed by atoms with Crippen LogP contribution in [0.25, 0.3) is 21.5 Å². The van der Waals surface area contributed by atoms with Gasteiger partial charge in [-0.3, -0.25) is 9.69 Å². The highest BCUT2D eigenvalue weighted by molar-refractivity contribution is 6.21. The first kappa shape index (κ1) is 20.5. The van der Waals surface area contributed by atoms with Crippen molar-refractivity contribution in [3.8, 4) is 0 Å². The Morgan fingerprint density at radius 3 is 1.97 bits per heavy atom. The van der Waals surface area contributed by atoms with Gasteiger partial charge < -0.3 is 4.74 Å². The molecule has 0 aromatic heterocycles. The van der Waals surface area contributed by atoms with Gasteiger partial charge in [-0.25, -0.2) is 4.79 Å². The first-order valence-corrected chi connectivity index (χ1v) is 10.7. The molecule has 1 amide bonds.